The average Bonchev–Trinajstić information content (AvgIpc) is 2.99. The molecule has 1 saturated heterocycles. The molecule has 0 amide bonds. The number of hydrogen-bond acceptors (Lipinski definition) is 3. The Morgan fingerprint density at radius 3 is 3.17 bits per heavy atom. The molecule has 0 spiro atoms. The van der Waals surface area contributed by atoms with Crippen molar-refractivity contribution in [1.29, 1.82) is 0 Å². The Morgan fingerprint density at radius 1 is 1.56 bits per heavy atom. The molecule has 0 saturated carbocycles. The molecule has 0 aromatic carbocycles. The lowest BCUT2D eigenvalue weighted by Gasteiger charge is -2.07. The summed E-state index contributed by atoms with van der Waals surface area (Å²) in [5.74, 6) is 0.643. The van der Waals surface area contributed by atoms with Crippen LogP contribution in [-0.4, -0.2) is 33.6 Å². The minimum atomic E-state index is -0.904. The monoisotopic (exact) mass is 245 g/mol. The maximum absolute atomic E-state index is 11.0. The second kappa shape index (κ2) is 4.42. The molecule has 1 atom stereocenters. The van der Waals surface area contributed by atoms with E-state index in [2.05, 4.69) is 10.3 Å². The van der Waals surface area contributed by atoms with Gasteiger partial charge in [-0.1, -0.05) is 0 Å². The van der Waals surface area contributed by atoms with E-state index in [1.165, 1.54) is 0 Å². The maximum atomic E-state index is 11.0. The average molecular weight is 245 g/mol. The third kappa shape index (κ3) is 1.97. The molecule has 5 nitrogen and oxygen atoms in total. The highest BCUT2D eigenvalue weighted by Crippen LogP contribution is 2.16. The largest absolute Gasteiger partial charge is 0.478 e. The topological polar surface area (TPSA) is 66.6 Å². The summed E-state index contributed by atoms with van der Waals surface area (Å²) in [5.41, 5.74) is 1.24. The highest BCUT2D eigenvalue weighted by atomic mass is 16.4. The number of fused-ring (bicyclic) bond motifs is 1. The van der Waals surface area contributed by atoms with Gasteiger partial charge in [-0.2, -0.15) is 0 Å². The van der Waals surface area contributed by atoms with Crippen molar-refractivity contribution in [3.05, 3.63) is 35.9 Å². The van der Waals surface area contributed by atoms with Crippen molar-refractivity contribution in [2.24, 2.45) is 5.92 Å². The first-order chi connectivity index (χ1) is 8.74. The van der Waals surface area contributed by atoms with E-state index in [-0.39, 0.29) is 0 Å². The standard InChI is InChI=1S/C13H15N3O2/c17-13(18)10-1-2-11-7-15-12(16(11)8-10)5-9-3-4-14-6-9/h1-2,7-9,14H,3-6H2,(H,17,18). The molecule has 2 aromatic heterocycles. The van der Waals surface area contributed by atoms with Gasteiger partial charge in [-0.3, -0.25) is 0 Å². The highest BCUT2D eigenvalue weighted by Gasteiger charge is 2.17. The zero-order valence-electron chi connectivity index (χ0n) is 9.97. The second-order valence-corrected chi connectivity index (χ2v) is 4.76. The Kier molecular flexibility index (Phi) is 2.76. The van der Waals surface area contributed by atoms with Crippen LogP contribution in [0.25, 0.3) is 5.52 Å². The fourth-order valence-electron chi connectivity index (χ4n) is 2.47. The summed E-state index contributed by atoms with van der Waals surface area (Å²) in [6.07, 6.45) is 5.50. The number of rotatable bonds is 3. The highest BCUT2D eigenvalue weighted by molar-refractivity contribution is 5.87. The quantitative estimate of drug-likeness (QED) is 0.852. The van der Waals surface area contributed by atoms with Gasteiger partial charge in [0.25, 0.3) is 0 Å². The molecule has 3 heterocycles. The SMILES string of the molecule is O=C(O)c1ccc2cnc(CC3CCNC3)n2c1. The summed E-state index contributed by atoms with van der Waals surface area (Å²) in [5, 5.41) is 12.3. The Morgan fingerprint density at radius 2 is 2.44 bits per heavy atom. The van der Waals surface area contributed by atoms with Crippen molar-refractivity contribution >= 4 is 11.5 Å². The van der Waals surface area contributed by atoms with Crippen LogP contribution in [0.15, 0.2) is 24.5 Å². The van der Waals surface area contributed by atoms with Crippen LogP contribution in [0.2, 0.25) is 0 Å². The summed E-state index contributed by atoms with van der Waals surface area (Å²) in [4.78, 5) is 15.4. The normalized spacial score (nSPS) is 19.4. The third-order valence-electron chi connectivity index (χ3n) is 3.48. The van der Waals surface area contributed by atoms with E-state index in [1.807, 2.05) is 4.40 Å². The van der Waals surface area contributed by atoms with E-state index >= 15 is 0 Å². The molecule has 1 fully saturated rings. The first kappa shape index (κ1) is 11.2. The second-order valence-electron chi connectivity index (χ2n) is 4.76. The van der Waals surface area contributed by atoms with E-state index in [0.29, 0.717) is 11.5 Å². The molecule has 94 valence electrons. The lowest BCUT2D eigenvalue weighted by molar-refractivity contribution is 0.0696. The van der Waals surface area contributed by atoms with Crippen LogP contribution in [0.5, 0.6) is 0 Å². The molecule has 5 heteroatoms. The van der Waals surface area contributed by atoms with Crippen LogP contribution in [0.3, 0.4) is 0 Å². The number of pyridine rings is 1. The van der Waals surface area contributed by atoms with Gasteiger partial charge in [-0.15, -0.1) is 0 Å². The zero-order chi connectivity index (χ0) is 12.5. The fourth-order valence-corrected chi connectivity index (χ4v) is 2.47. The molecular weight excluding hydrogens is 230 g/mol. The summed E-state index contributed by atoms with van der Waals surface area (Å²) < 4.78 is 1.89. The molecular formula is C13H15N3O2. The number of aromatic nitrogens is 2. The summed E-state index contributed by atoms with van der Waals surface area (Å²) in [6, 6.07) is 3.41. The van der Waals surface area contributed by atoms with Crippen molar-refractivity contribution in [3.8, 4) is 0 Å². The van der Waals surface area contributed by atoms with Crippen LogP contribution >= 0.6 is 0 Å². The van der Waals surface area contributed by atoms with Crippen LogP contribution < -0.4 is 5.32 Å². The maximum Gasteiger partial charge on any atom is 0.337 e. The molecule has 2 aromatic rings. The Bertz CT molecular complexity index is 585. The van der Waals surface area contributed by atoms with Crippen LogP contribution in [0, 0.1) is 5.92 Å². The number of carboxylic acids is 1. The Hall–Kier alpha value is -1.88. The predicted octanol–water partition coefficient (Wildman–Crippen LogP) is 1.18. The summed E-state index contributed by atoms with van der Waals surface area (Å²) >= 11 is 0. The predicted molar refractivity (Wildman–Crippen MR) is 66.8 cm³/mol. The van der Waals surface area contributed by atoms with Crippen molar-refractivity contribution in [3.63, 3.8) is 0 Å². The van der Waals surface area contributed by atoms with Gasteiger partial charge in [0.1, 0.15) is 5.82 Å². The molecule has 1 unspecified atom stereocenters. The van der Waals surface area contributed by atoms with E-state index in [1.54, 1.807) is 24.5 Å². The van der Waals surface area contributed by atoms with E-state index < -0.39 is 5.97 Å². The van der Waals surface area contributed by atoms with Gasteiger partial charge in [-0.05, 0) is 37.6 Å². The molecule has 3 rings (SSSR count). The Balaban J connectivity index is 1.95. The first-order valence-electron chi connectivity index (χ1n) is 6.14. The van der Waals surface area contributed by atoms with E-state index in [4.69, 9.17) is 5.11 Å². The number of imidazole rings is 1. The molecule has 1 aliphatic heterocycles. The van der Waals surface area contributed by atoms with Crippen molar-refractivity contribution in [2.45, 2.75) is 12.8 Å². The minimum Gasteiger partial charge on any atom is -0.478 e. The number of nitrogens with zero attached hydrogens (tertiary/aromatic N) is 2. The zero-order valence-corrected chi connectivity index (χ0v) is 9.97. The fraction of sp³-hybridized carbons (Fsp3) is 0.385. The lowest BCUT2D eigenvalue weighted by Crippen LogP contribution is -2.12. The third-order valence-corrected chi connectivity index (χ3v) is 3.48. The number of nitrogens with one attached hydrogen (secondary N) is 1. The Labute approximate surface area is 104 Å². The van der Waals surface area contributed by atoms with Gasteiger partial charge < -0.3 is 14.8 Å². The number of hydrogen-bond donors (Lipinski definition) is 2. The van der Waals surface area contributed by atoms with Gasteiger partial charge in [0.05, 0.1) is 17.3 Å². The smallest absolute Gasteiger partial charge is 0.337 e. The molecule has 0 radical (unpaired) electrons. The van der Waals surface area contributed by atoms with Gasteiger partial charge in [-0.25, -0.2) is 9.78 Å². The van der Waals surface area contributed by atoms with Crippen LogP contribution in [-0.2, 0) is 6.42 Å². The molecule has 2 N–H and O–H groups in total. The van der Waals surface area contributed by atoms with Gasteiger partial charge >= 0.3 is 5.97 Å². The first-order valence-corrected chi connectivity index (χ1v) is 6.14. The van der Waals surface area contributed by atoms with Gasteiger partial charge in [0, 0.05) is 12.6 Å². The molecule has 18 heavy (non-hydrogen) atoms. The van der Waals surface area contributed by atoms with E-state index in [0.717, 1.165) is 37.3 Å². The molecule has 0 aliphatic carbocycles. The summed E-state index contributed by atoms with van der Waals surface area (Å²) in [6.45, 7) is 2.09. The van der Waals surface area contributed by atoms with E-state index in [9.17, 15) is 4.79 Å². The lowest BCUT2D eigenvalue weighted by atomic mass is 10.0. The number of carbonyl (C=O) groups is 1. The molecule has 1 aliphatic rings. The molecule has 0 bridgehead atoms. The van der Waals surface area contributed by atoms with Crippen molar-refractivity contribution < 1.29 is 9.90 Å². The van der Waals surface area contributed by atoms with Gasteiger partial charge in [0.2, 0.25) is 0 Å². The van der Waals surface area contributed by atoms with Crippen LogP contribution in [0.4, 0.5) is 0 Å². The van der Waals surface area contributed by atoms with Gasteiger partial charge in [0.15, 0.2) is 0 Å². The number of aromatic carboxylic acids is 1. The van der Waals surface area contributed by atoms with Crippen molar-refractivity contribution in [2.75, 3.05) is 13.1 Å². The summed E-state index contributed by atoms with van der Waals surface area (Å²) in [7, 11) is 0. The number of carboxylic acid groups (broad SMARTS) is 1. The minimum absolute atomic E-state index is 0.297. The van der Waals surface area contributed by atoms with Crippen LogP contribution in [0.1, 0.15) is 22.6 Å². The van der Waals surface area contributed by atoms with Crippen molar-refractivity contribution in [1.82, 2.24) is 14.7 Å².